The Balaban J connectivity index is 2.82. The molecular weight excluding hydrogens is 244 g/mol. The number of aryl methyl sites for hydroxylation is 1. The summed E-state index contributed by atoms with van der Waals surface area (Å²) in [5, 5.41) is 0. The highest BCUT2D eigenvalue weighted by Gasteiger charge is 2.19. The molecule has 1 heterocycles. The lowest BCUT2D eigenvalue weighted by Gasteiger charge is -2.21. The molecule has 0 aliphatic rings. The molecule has 0 fully saturated rings. The normalized spacial score (nSPS) is 11.3. The quantitative estimate of drug-likeness (QED) is 0.787. The van der Waals surface area contributed by atoms with E-state index in [1.165, 1.54) is 0 Å². The van der Waals surface area contributed by atoms with Crippen LogP contribution in [0.5, 0.6) is 0 Å². The number of hydrogen-bond donors (Lipinski definition) is 1. The first-order valence-electron chi connectivity index (χ1n) is 6.58. The average molecular weight is 268 g/mol. The zero-order chi connectivity index (χ0) is 14.6. The molecule has 0 radical (unpaired) electrons. The number of likely N-dealkylation sites (N-methyl/N-ethyl adjacent to an activating group) is 1. The van der Waals surface area contributed by atoms with Gasteiger partial charge in [0.05, 0.1) is 6.61 Å². The third-order valence-corrected chi connectivity index (χ3v) is 3.22. The molecule has 2 N–H and O–H groups in total. The maximum atomic E-state index is 11.7. The van der Waals surface area contributed by atoms with Gasteiger partial charge in [-0.1, -0.05) is 0 Å². The molecule has 6 heteroatoms. The lowest BCUT2D eigenvalue weighted by molar-refractivity contribution is 0.0521. The molecule has 0 spiro atoms. The van der Waals surface area contributed by atoms with Gasteiger partial charge in [0.15, 0.2) is 5.69 Å². The third-order valence-electron chi connectivity index (χ3n) is 3.22. The fourth-order valence-electron chi connectivity index (χ4n) is 1.73. The average Bonchev–Trinajstić information content (AvgIpc) is 2.62. The van der Waals surface area contributed by atoms with Gasteiger partial charge < -0.3 is 19.9 Å². The smallest absolute Gasteiger partial charge is 0.360 e. The first-order valence-corrected chi connectivity index (χ1v) is 6.58. The van der Waals surface area contributed by atoms with Crippen molar-refractivity contribution < 1.29 is 9.53 Å². The summed E-state index contributed by atoms with van der Waals surface area (Å²) in [6.07, 6.45) is 0. The fourth-order valence-corrected chi connectivity index (χ4v) is 1.73. The van der Waals surface area contributed by atoms with Crippen LogP contribution in [0.2, 0.25) is 0 Å². The Morgan fingerprint density at radius 2 is 2.16 bits per heavy atom. The van der Waals surface area contributed by atoms with Crippen molar-refractivity contribution in [3.63, 3.8) is 0 Å². The Kier molecular flexibility index (Phi) is 5.35. The minimum atomic E-state index is -0.459. The van der Waals surface area contributed by atoms with E-state index in [1.807, 2.05) is 11.5 Å². The number of anilines is 1. The molecule has 1 aromatic heterocycles. The lowest BCUT2D eigenvalue weighted by atomic mass is 10.3. The van der Waals surface area contributed by atoms with Gasteiger partial charge in [0, 0.05) is 19.1 Å². The van der Waals surface area contributed by atoms with Crippen LogP contribution in [0.4, 0.5) is 5.82 Å². The topological polar surface area (TPSA) is 73.4 Å². The van der Waals surface area contributed by atoms with E-state index in [4.69, 9.17) is 10.5 Å². The van der Waals surface area contributed by atoms with Crippen LogP contribution in [0.15, 0.2) is 0 Å². The summed E-state index contributed by atoms with van der Waals surface area (Å²) in [5.41, 5.74) is 6.19. The summed E-state index contributed by atoms with van der Waals surface area (Å²) in [6, 6.07) is 0.467. The van der Waals surface area contributed by atoms with Crippen molar-refractivity contribution in [2.24, 2.45) is 0 Å². The summed E-state index contributed by atoms with van der Waals surface area (Å²) in [6.45, 7) is 9.74. The molecule has 1 rings (SSSR count). The van der Waals surface area contributed by atoms with Gasteiger partial charge in [-0.2, -0.15) is 0 Å². The summed E-state index contributed by atoms with van der Waals surface area (Å²) in [7, 11) is 2.05. The molecular formula is C13H24N4O2. The summed E-state index contributed by atoms with van der Waals surface area (Å²) >= 11 is 0. The molecule has 0 aliphatic carbocycles. The minimum absolute atomic E-state index is 0.214. The standard InChI is InChI=1S/C13H24N4O2/c1-6-19-13(18)11-12(14)17(10(4)15-11)8-7-16(5)9(2)3/h9H,6-8,14H2,1-5H3. The van der Waals surface area contributed by atoms with Gasteiger partial charge in [-0.3, -0.25) is 0 Å². The number of carbonyl (C=O) groups is 1. The molecule has 0 atom stereocenters. The van der Waals surface area contributed by atoms with E-state index >= 15 is 0 Å². The molecule has 108 valence electrons. The van der Waals surface area contributed by atoms with Crippen molar-refractivity contribution in [2.75, 3.05) is 25.9 Å². The zero-order valence-electron chi connectivity index (χ0n) is 12.4. The van der Waals surface area contributed by atoms with Crippen LogP contribution in [-0.2, 0) is 11.3 Å². The number of nitrogens with two attached hydrogens (primary N) is 1. The van der Waals surface area contributed by atoms with Crippen molar-refractivity contribution >= 4 is 11.8 Å². The van der Waals surface area contributed by atoms with Crippen LogP contribution in [0.1, 0.15) is 37.1 Å². The first kappa shape index (κ1) is 15.5. The molecule has 0 amide bonds. The maximum Gasteiger partial charge on any atom is 0.360 e. The number of esters is 1. The molecule has 19 heavy (non-hydrogen) atoms. The highest BCUT2D eigenvalue weighted by molar-refractivity contribution is 5.92. The highest BCUT2D eigenvalue weighted by Crippen LogP contribution is 2.15. The Morgan fingerprint density at radius 1 is 1.53 bits per heavy atom. The highest BCUT2D eigenvalue weighted by atomic mass is 16.5. The molecule has 0 saturated heterocycles. The monoisotopic (exact) mass is 268 g/mol. The van der Waals surface area contributed by atoms with Crippen LogP contribution < -0.4 is 5.73 Å². The molecule has 0 unspecified atom stereocenters. The van der Waals surface area contributed by atoms with Crippen molar-refractivity contribution in [3.05, 3.63) is 11.5 Å². The van der Waals surface area contributed by atoms with E-state index in [1.54, 1.807) is 6.92 Å². The number of carbonyl (C=O) groups excluding carboxylic acids is 1. The summed E-state index contributed by atoms with van der Waals surface area (Å²) in [5.74, 6) is 0.657. The summed E-state index contributed by atoms with van der Waals surface area (Å²) in [4.78, 5) is 18.1. The number of nitrogens with zero attached hydrogens (tertiary/aromatic N) is 3. The maximum absolute atomic E-state index is 11.7. The van der Waals surface area contributed by atoms with E-state index in [-0.39, 0.29) is 5.69 Å². The zero-order valence-corrected chi connectivity index (χ0v) is 12.4. The first-order chi connectivity index (χ1) is 8.88. The van der Waals surface area contributed by atoms with Crippen molar-refractivity contribution in [1.29, 1.82) is 0 Å². The minimum Gasteiger partial charge on any atom is -0.461 e. The number of aromatic nitrogens is 2. The molecule has 0 saturated carbocycles. The van der Waals surface area contributed by atoms with Crippen LogP contribution >= 0.6 is 0 Å². The second-order valence-corrected chi connectivity index (χ2v) is 4.84. The van der Waals surface area contributed by atoms with Gasteiger partial charge in [-0.25, -0.2) is 9.78 Å². The van der Waals surface area contributed by atoms with E-state index in [0.29, 0.717) is 25.0 Å². The van der Waals surface area contributed by atoms with Gasteiger partial charge in [0.1, 0.15) is 11.6 Å². The van der Waals surface area contributed by atoms with E-state index in [9.17, 15) is 4.79 Å². The SMILES string of the molecule is CCOC(=O)c1nc(C)n(CCN(C)C(C)C)c1N. The molecule has 0 aliphatic heterocycles. The van der Waals surface area contributed by atoms with E-state index < -0.39 is 5.97 Å². The van der Waals surface area contributed by atoms with Crippen LogP contribution in [0, 0.1) is 6.92 Å². The van der Waals surface area contributed by atoms with Crippen LogP contribution in [-0.4, -0.2) is 46.7 Å². The Bertz CT molecular complexity index is 440. The van der Waals surface area contributed by atoms with Gasteiger partial charge >= 0.3 is 5.97 Å². The number of hydrogen-bond acceptors (Lipinski definition) is 5. The third kappa shape index (κ3) is 3.70. The second-order valence-electron chi connectivity index (χ2n) is 4.84. The van der Waals surface area contributed by atoms with E-state index in [2.05, 4.69) is 30.8 Å². The van der Waals surface area contributed by atoms with Crippen LogP contribution in [0.3, 0.4) is 0 Å². The predicted octanol–water partition coefficient (Wildman–Crippen LogP) is 1.29. The Hall–Kier alpha value is -1.56. The van der Waals surface area contributed by atoms with Crippen molar-refractivity contribution in [1.82, 2.24) is 14.5 Å². The van der Waals surface area contributed by atoms with Gasteiger partial charge in [-0.15, -0.1) is 0 Å². The predicted molar refractivity (Wildman–Crippen MR) is 75.1 cm³/mol. The Labute approximate surface area is 114 Å². The summed E-state index contributed by atoms with van der Waals surface area (Å²) < 4.78 is 6.79. The van der Waals surface area contributed by atoms with Crippen molar-refractivity contribution in [2.45, 2.75) is 40.3 Å². The number of imidazole rings is 1. The van der Waals surface area contributed by atoms with Crippen molar-refractivity contribution in [3.8, 4) is 0 Å². The number of ether oxygens (including phenoxy) is 1. The molecule has 6 nitrogen and oxygen atoms in total. The molecule has 0 aromatic carbocycles. The number of nitrogen functional groups attached to an aromatic ring is 1. The fraction of sp³-hybridized carbons (Fsp3) is 0.692. The Morgan fingerprint density at radius 3 is 2.68 bits per heavy atom. The molecule has 1 aromatic rings. The largest absolute Gasteiger partial charge is 0.461 e. The van der Waals surface area contributed by atoms with Gasteiger partial charge in [0.2, 0.25) is 0 Å². The van der Waals surface area contributed by atoms with Crippen LogP contribution in [0.25, 0.3) is 0 Å². The second kappa shape index (κ2) is 6.56. The van der Waals surface area contributed by atoms with Gasteiger partial charge in [0.25, 0.3) is 0 Å². The van der Waals surface area contributed by atoms with E-state index in [0.717, 1.165) is 12.4 Å². The molecule has 0 bridgehead atoms. The lowest BCUT2D eigenvalue weighted by Crippen LogP contribution is -2.30. The number of rotatable bonds is 6. The van der Waals surface area contributed by atoms with Gasteiger partial charge in [-0.05, 0) is 34.7 Å².